The fourth-order valence-electron chi connectivity index (χ4n) is 2.24. The van der Waals surface area contributed by atoms with Gasteiger partial charge in [0.15, 0.2) is 0 Å². The Morgan fingerprint density at radius 3 is 2.56 bits per heavy atom. The predicted molar refractivity (Wildman–Crippen MR) is 99.8 cm³/mol. The van der Waals surface area contributed by atoms with Gasteiger partial charge in [-0.3, -0.25) is 4.79 Å². The third-order valence-electron chi connectivity index (χ3n) is 3.53. The van der Waals surface area contributed by atoms with Crippen molar-refractivity contribution in [2.24, 2.45) is 5.14 Å². The number of nitrogens with two attached hydrogens (primary N) is 1. The number of anilines is 1. The topological polar surface area (TPSA) is 111 Å². The molecule has 0 spiro atoms. The quantitative estimate of drug-likeness (QED) is 0.676. The highest BCUT2D eigenvalue weighted by Crippen LogP contribution is 2.26. The molecule has 2 aromatic carbocycles. The number of thiazole rings is 1. The van der Waals surface area contributed by atoms with Crippen LogP contribution < -0.4 is 15.2 Å². The van der Waals surface area contributed by atoms with E-state index in [1.807, 2.05) is 12.1 Å². The summed E-state index contributed by atoms with van der Waals surface area (Å²) < 4.78 is 41.5. The van der Waals surface area contributed by atoms with Crippen LogP contribution in [0, 0.1) is 5.82 Å². The third-order valence-corrected chi connectivity index (χ3v) is 5.32. The number of aromatic nitrogens is 1. The second-order valence-corrected chi connectivity index (χ2v) is 7.86. The lowest BCUT2D eigenvalue weighted by Gasteiger charge is -2.06. The number of rotatable bonds is 5. The minimum absolute atomic E-state index is 0.0389. The number of carbonyl (C=O) groups excluding carboxylic acids is 1. The van der Waals surface area contributed by atoms with Gasteiger partial charge in [0.2, 0.25) is 10.0 Å². The number of amides is 1. The van der Waals surface area contributed by atoms with Gasteiger partial charge in [-0.05, 0) is 42.5 Å². The van der Waals surface area contributed by atoms with Gasteiger partial charge in [0.05, 0.1) is 12.0 Å². The average molecular weight is 407 g/mol. The molecule has 0 aliphatic carbocycles. The number of ether oxygens (including phenoxy) is 1. The minimum Gasteiger partial charge on any atom is -0.497 e. The molecule has 0 aliphatic rings. The molecule has 140 valence electrons. The van der Waals surface area contributed by atoms with E-state index in [1.165, 1.54) is 11.3 Å². The van der Waals surface area contributed by atoms with E-state index < -0.39 is 26.6 Å². The molecule has 0 unspecified atom stereocenters. The van der Waals surface area contributed by atoms with E-state index in [0.717, 1.165) is 23.8 Å². The van der Waals surface area contributed by atoms with E-state index in [9.17, 15) is 17.6 Å². The van der Waals surface area contributed by atoms with Crippen molar-refractivity contribution >= 4 is 33.0 Å². The molecule has 27 heavy (non-hydrogen) atoms. The summed E-state index contributed by atoms with van der Waals surface area (Å²) in [6, 6.07) is 10.0. The Morgan fingerprint density at radius 1 is 1.22 bits per heavy atom. The summed E-state index contributed by atoms with van der Waals surface area (Å²) in [4.78, 5) is 16.2. The molecule has 3 rings (SSSR count). The summed E-state index contributed by atoms with van der Waals surface area (Å²) in [7, 11) is -2.54. The Labute approximate surface area is 158 Å². The van der Waals surface area contributed by atoms with Gasteiger partial charge in [-0.2, -0.15) is 0 Å². The Kier molecular flexibility index (Phi) is 5.22. The van der Waals surface area contributed by atoms with E-state index in [4.69, 9.17) is 9.88 Å². The normalized spacial score (nSPS) is 11.2. The first-order chi connectivity index (χ1) is 12.8. The molecule has 1 heterocycles. The van der Waals surface area contributed by atoms with Gasteiger partial charge in [-0.1, -0.05) is 0 Å². The molecule has 0 atom stereocenters. The van der Waals surface area contributed by atoms with Crippen LogP contribution in [0.4, 0.5) is 10.1 Å². The summed E-state index contributed by atoms with van der Waals surface area (Å²) >= 11 is 1.26. The number of carbonyl (C=O) groups is 1. The molecule has 1 aromatic heterocycles. The van der Waals surface area contributed by atoms with Gasteiger partial charge in [-0.15, -0.1) is 11.3 Å². The second kappa shape index (κ2) is 7.43. The van der Waals surface area contributed by atoms with E-state index in [2.05, 4.69) is 10.3 Å². The van der Waals surface area contributed by atoms with Gasteiger partial charge in [0.1, 0.15) is 22.3 Å². The second-order valence-electron chi connectivity index (χ2n) is 5.44. The lowest BCUT2D eigenvalue weighted by Crippen LogP contribution is -2.15. The molecular formula is C17H14FN3O4S2. The van der Waals surface area contributed by atoms with Crippen LogP contribution in [-0.2, 0) is 10.0 Å². The molecule has 3 aromatic rings. The first kappa shape index (κ1) is 19.0. The first-order valence-corrected chi connectivity index (χ1v) is 9.93. The monoisotopic (exact) mass is 407 g/mol. The van der Waals surface area contributed by atoms with Gasteiger partial charge < -0.3 is 10.1 Å². The number of halogens is 1. The lowest BCUT2D eigenvalue weighted by molar-refractivity contribution is 0.102. The van der Waals surface area contributed by atoms with Crippen LogP contribution in [0.2, 0.25) is 0 Å². The van der Waals surface area contributed by atoms with Crippen LogP contribution in [0.15, 0.2) is 52.7 Å². The molecule has 7 nitrogen and oxygen atoms in total. The van der Waals surface area contributed by atoms with Crippen molar-refractivity contribution in [2.45, 2.75) is 4.90 Å². The number of sulfonamides is 1. The van der Waals surface area contributed by atoms with Crippen LogP contribution >= 0.6 is 11.3 Å². The van der Waals surface area contributed by atoms with E-state index >= 15 is 0 Å². The SMILES string of the molecule is COc1ccc(-c2nc(C(=O)Nc3cc(F)cc(S(N)(=O)=O)c3)cs2)cc1. The molecule has 0 aliphatic heterocycles. The maximum atomic E-state index is 13.6. The number of nitrogens with one attached hydrogen (secondary N) is 1. The number of primary sulfonamides is 1. The largest absolute Gasteiger partial charge is 0.497 e. The van der Waals surface area contributed by atoms with Crippen molar-refractivity contribution in [3.05, 3.63) is 59.4 Å². The summed E-state index contributed by atoms with van der Waals surface area (Å²) in [5.41, 5.74) is 0.886. The van der Waals surface area contributed by atoms with Gasteiger partial charge in [0, 0.05) is 16.6 Å². The number of nitrogens with zero attached hydrogens (tertiary/aromatic N) is 1. The fourth-order valence-corrected chi connectivity index (χ4v) is 3.61. The molecule has 3 N–H and O–H groups in total. The molecule has 0 saturated heterocycles. The summed E-state index contributed by atoms with van der Waals surface area (Å²) in [5.74, 6) is -0.740. The summed E-state index contributed by atoms with van der Waals surface area (Å²) in [5, 5.41) is 9.59. The zero-order valence-corrected chi connectivity index (χ0v) is 15.6. The molecular weight excluding hydrogens is 393 g/mol. The maximum absolute atomic E-state index is 13.6. The Morgan fingerprint density at radius 2 is 1.93 bits per heavy atom. The standard InChI is InChI=1S/C17H14FN3O4S2/c1-25-13-4-2-10(3-5-13)17-21-15(9-26-17)16(22)20-12-6-11(18)7-14(8-12)27(19,23)24/h2-9H,1H3,(H,20,22)(H2,19,23,24). The Bertz CT molecular complexity index is 1100. The zero-order valence-electron chi connectivity index (χ0n) is 14.0. The summed E-state index contributed by atoms with van der Waals surface area (Å²) in [6.07, 6.45) is 0. The van der Waals surface area contributed by atoms with E-state index in [1.54, 1.807) is 24.6 Å². The smallest absolute Gasteiger partial charge is 0.275 e. The molecule has 0 saturated carbocycles. The molecule has 0 fully saturated rings. The molecule has 10 heteroatoms. The molecule has 0 radical (unpaired) electrons. The van der Waals surface area contributed by atoms with Crippen LogP contribution in [0.3, 0.4) is 0 Å². The maximum Gasteiger partial charge on any atom is 0.275 e. The van der Waals surface area contributed by atoms with Crippen molar-refractivity contribution in [1.82, 2.24) is 4.98 Å². The third kappa shape index (κ3) is 4.48. The van der Waals surface area contributed by atoms with Crippen molar-refractivity contribution in [3.8, 4) is 16.3 Å². The van der Waals surface area contributed by atoms with Gasteiger partial charge in [-0.25, -0.2) is 22.9 Å². The summed E-state index contributed by atoms with van der Waals surface area (Å²) in [6.45, 7) is 0. The highest BCUT2D eigenvalue weighted by Gasteiger charge is 2.15. The number of hydrogen-bond acceptors (Lipinski definition) is 6. The lowest BCUT2D eigenvalue weighted by atomic mass is 10.2. The van der Waals surface area contributed by atoms with Crippen LogP contribution in [0.5, 0.6) is 5.75 Å². The van der Waals surface area contributed by atoms with Gasteiger partial charge >= 0.3 is 0 Å². The molecule has 0 bridgehead atoms. The predicted octanol–water partition coefficient (Wildman–Crippen LogP) is 2.86. The molecule has 1 amide bonds. The average Bonchev–Trinajstić information content (AvgIpc) is 3.11. The van der Waals surface area contributed by atoms with E-state index in [0.29, 0.717) is 10.8 Å². The Balaban J connectivity index is 1.81. The van der Waals surface area contributed by atoms with Crippen LogP contribution in [0.1, 0.15) is 10.5 Å². The zero-order chi connectivity index (χ0) is 19.6. The van der Waals surface area contributed by atoms with Crippen LogP contribution in [0.25, 0.3) is 10.6 Å². The minimum atomic E-state index is -4.10. The van der Waals surface area contributed by atoms with Crippen molar-refractivity contribution in [1.29, 1.82) is 0 Å². The fraction of sp³-hybridized carbons (Fsp3) is 0.0588. The van der Waals surface area contributed by atoms with Crippen LogP contribution in [-0.4, -0.2) is 26.4 Å². The number of hydrogen-bond donors (Lipinski definition) is 2. The van der Waals surface area contributed by atoms with E-state index in [-0.39, 0.29) is 11.4 Å². The van der Waals surface area contributed by atoms with Crippen molar-refractivity contribution < 1.29 is 22.3 Å². The van der Waals surface area contributed by atoms with Gasteiger partial charge in [0.25, 0.3) is 5.91 Å². The number of benzene rings is 2. The first-order valence-electron chi connectivity index (χ1n) is 7.51. The Hall–Kier alpha value is -2.82. The highest BCUT2D eigenvalue weighted by molar-refractivity contribution is 7.89. The number of methoxy groups -OCH3 is 1. The van der Waals surface area contributed by atoms with Crippen molar-refractivity contribution in [3.63, 3.8) is 0 Å². The highest BCUT2D eigenvalue weighted by atomic mass is 32.2. The van der Waals surface area contributed by atoms with Crippen molar-refractivity contribution in [2.75, 3.05) is 12.4 Å².